The second-order valence-corrected chi connectivity index (χ2v) is 7.43. The zero-order chi connectivity index (χ0) is 21.9. The normalized spacial score (nSPS) is 12.5. The summed E-state index contributed by atoms with van der Waals surface area (Å²) in [6.45, 7) is 4.35. The van der Waals surface area contributed by atoms with E-state index >= 15 is 0 Å². The first-order chi connectivity index (χ1) is 13.5. The minimum Gasteiger partial charge on any atom is -0.504 e. The number of carboxylic acid groups (broad SMARTS) is 1. The van der Waals surface area contributed by atoms with Crippen LogP contribution in [0.4, 0.5) is 0 Å². The number of hydrogen-bond acceptors (Lipinski definition) is 7. The van der Waals surface area contributed by atoms with Crippen molar-refractivity contribution in [3.8, 4) is 23.0 Å². The van der Waals surface area contributed by atoms with Gasteiger partial charge in [0.25, 0.3) is 0 Å². The summed E-state index contributed by atoms with van der Waals surface area (Å²) in [7, 11) is 1.26. The third-order valence-corrected chi connectivity index (χ3v) is 4.29. The maximum absolute atomic E-state index is 11.9. The van der Waals surface area contributed by atoms with Gasteiger partial charge < -0.3 is 35.0 Å². The van der Waals surface area contributed by atoms with E-state index < -0.39 is 24.3 Å². The maximum atomic E-state index is 11.9. The van der Waals surface area contributed by atoms with Gasteiger partial charge in [-0.15, -0.1) is 0 Å². The van der Waals surface area contributed by atoms with Crippen molar-refractivity contribution in [2.45, 2.75) is 45.5 Å². The smallest absolute Gasteiger partial charge is 0.343 e. The van der Waals surface area contributed by atoms with Crippen molar-refractivity contribution < 1.29 is 39.8 Å². The van der Waals surface area contributed by atoms with E-state index in [1.807, 2.05) is 0 Å². The van der Waals surface area contributed by atoms with Gasteiger partial charge in [-0.25, -0.2) is 4.79 Å². The van der Waals surface area contributed by atoms with Crippen LogP contribution >= 0.6 is 0 Å². The van der Waals surface area contributed by atoms with E-state index in [9.17, 15) is 30.3 Å². The molecule has 1 atom stereocenters. The number of phenolic OH excluding ortho intramolecular Hbond substituents is 1. The molecular formula is C21H26O8. The molecule has 2 aromatic carbocycles. The molecule has 0 saturated heterocycles. The lowest BCUT2D eigenvalue weighted by Gasteiger charge is -2.24. The molecule has 0 heterocycles. The first-order valence-corrected chi connectivity index (χ1v) is 8.94. The molecule has 0 aromatic heterocycles. The van der Waals surface area contributed by atoms with Crippen LogP contribution in [0.3, 0.4) is 0 Å². The average molecular weight is 406 g/mol. The Labute approximate surface area is 168 Å². The highest BCUT2D eigenvalue weighted by atomic mass is 16.5. The summed E-state index contributed by atoms with van der Waals surface area (Å²) >= 11 is 0. The molecule has 0 aliphatic carbocycles. The van der Waals surface area contributed by atoms with Crippen molar-refractivity contribution >= 4 is 5.97 Å². The summed E-state index contributed by atoms with van der Waals surface area (Å²) < 4.78 is 10.9. The van der Waals surface area contributed by atoms with Crippen LogP contribution in [0, 0.1) is 6.92 Å². The Morgan fingerprint density at radius 2 is 1.86 bits per heavy atom. The molecule has 0 radical (unpaired) electrons. The van der Waals surface area contributed by atoms with Crippen molar-refractivity contribution in [1.29, 1.82) is 0 Å². The Morgan fingerprint density at radius 1 is 1.21 bits per heavy atom. The zero-order valence-corrected chi connectivity index (χ0v) is 16.8. The number of methoxy groups -OCH3 is 1. The number of carbonyl (C=O) groups is 1. The maximum Gasteiger partial charge on any atom is 0.343 e. The summed E-state index contributed by atoms with van der Waals surface area (Å²) in [5, 5.41) is 49.9. The number of aromatic carboxylic acids is 1. The van der Waals surface area contributed by atoms with E-state index in [-0.39, 0.29) is 46.1 Å². The number of hydrogen-bond donors (Lipinski definition) is 5. The van der Waals surface area contributed by atoms with E-state index in [1.165, 1.54) is 39.2 Å². The monoisotopic (exact) mass is 406 g/mol. The molecule has 0 spiro atoms. The van der Waals surface area contributed by atoms with Crippen LogP contribution in [0.15, 0.2) is 24.3 Å². The van der Waals surface area contributed by atoms with Crippen LogP contribution in [0.2, 0.25) is 0 Å². The molecule has 0 aliphatic heterocycles. The first kappa shape index (κ1) is 22.5. The van der Waals surface area contributed by atoms with Gasteiger partial charge in [-0.2, -0.15) is 0 Å². The van der Waals surface area contributed by atoms with Crippen molar-refractivity contribution in [3.05, 3.63) is 46.5 Å². The van der Waals surface area contributed by atoms with Crippen LogP contribution in [0.25, 0.3) is 0 Å². The van der Waals surface area contributed by atoms with Gasteiger partial charge in [0.05, 0.1) is 25.4 Å². The molecule has 158 valence electrons. The van der Waals surface area contributed by atoms with Crippen LogP contribution < -0.4 is 9.47 Å². The summed E-state index contributed by atoms with van der Waals surface area (Å²) in [6.07, 6.45) is -1.23. The predicted molar refractivity (Wildman–Crippen MR) is 105 cm³/mol. The third-order valence-electron chi connectivity index (χ3n) is 4.29. The number of benzene rings is 2. The number of phenols is 1. The molecule has 2 rings (SSSR count). The number of aliphatic hydroxyl groups excluding tert-OH is 2. The van der Waals surface area contributed by atoms with E-state index in [4.69, 9.17) is 9.47 Å². The Bertz CT molecular complexity index is 899. The molecule has 0 saturated carbocycles. The van der Waals surface area contributed by atoms with Gasteiger partial charge in [-0.3, -0.25) is 0 Å². The highest BCUT2D eigenvalue weighted by Gasteiger charge is 2.28. The molecule has 8 nitrogen and oxygen atoms in total. The molecule has 5 N–H and O–H groups in total. The van der Waals surface area contributed by atoms with E-state index in [2.05, 4.69) is 0 Å². The summed E-state index contributed by atoms with van der Waals surface area (Å²) in [4.78, 5) is 11.9. The molecule has 2 aromatic rings. The lowest BCUT2D eigenvalue weighted by atomic mass is 9.94. The van der Waals surface area contributed by atoms with Gasteiger partial charge in [0.2, 0.25) is 0 Å². The Hall–Kier alpha value is -2.81. The Kier molecular flexibility index (Phi) is 6.73. The van der Waals surface area contributed by atoms with Crippen molar-refractivity contribution in [1.82, 2.24) is 0 Å². The van der Waals surface area contributed by atoms with Gasteiger partial charge in [0, 0.05) is 17.5 Å². The van der Waals surface area contributed by atoms with Crippen LogP contribution in [0.1, 0.15) is 53.4 Å². The number of rotatable bonds is 8. The van der Waals surface area contributed by atoms with Gasteiger partial charge in [-0.1, -0.05) is 0 Å². The van der Waals surface area contributed by atoms with Crippen LogP contribution in [-0.4, -0.2) is 44.2 Å². The predicted octanol–water partition coefficient (Wildman–Crippen LogP) is 2.89. The molecule has 29 heavy (non-hydrogen) atoms. The second kappa shape index (κ2) is 8.69. The molecule has 0 bridgehead atoms. The number of aromatic hydroxyl groups is 1. The van der Waals surface area contributed by atoms with Gasteiger partial charge in [0.15, 0.2) is 11.5 Å². The largest absolute Gasteiger partial charge is 0.504 e. The first-order valence-electron chi connectivity index (χ1n) is 8.94. The average Bonchev–Trinajstić information content (AvgIpc) is 2.61. The van der Waals surface area contributed by atoms with Crippen molar-refractivity contribution in [2.75, 3.05) is 7.11 Å². The van der Waals surface area contributed by atoms with E-state index in [1.54, 1.807) is 13.0 Å². The van der Waals surface area contributed by atoms with Gasteiger partial charge in [-0.05, 0) is 50.6 Å². The lowest BCUT2D eigenvalue weighted by molar-refractivity contribution is 0.0171. The molecule has 1 unspecified atom stereocenters. The van der Waals surface area contributed by atoms with Gasteiger partial charge in [0.1, 0.15) is 17.1 Å². The lowest BCUT2D eigenvalue weighted by Crippen LogP contribution is -2.22. The van der Waals surface area contributed by atoms with Gasteiger partial charge >= 0.3 is 5.97 Å². The molecule has 0 amide bonds. The summed E-state index contributed by atoms with van der Waals surface area (Å²) in [5.41, 5.74) is -0.394. The molecule has 0 fully saturated rings. The number of aryl methyl sites for hydroxylation is 1. The third kappa shape index (κ3) is 5.17. The number of carboxylic acids is 1. The minimum absolute atomic E-state index is 0.0456. The fourth-order valence-corrected chi connectivity index (χ4v) is 3.11. The minimum atomic E-state index is -1.37. The highest BCUT2D eigenvalue weighted by Crippen LogP contribution is 2.42. The standard InChI is InChI=1S/C21H26O8/c1-11-7-12(10-22)18(14(23)8-11)29-16-6-5-13(15(24)9-21(2,3)27)19(28-4)17(16)20(25)26/h5-8,15,22-24,27H,9-10H2,1-4H3,(H,25,26). The zero-order valence-electron chi connectivity index (χ0n) is 16.8. The molecule has 0 aliphatic rings. The van der Waals surface area contributed by atoms with Crippen molar-refractivity contribution in [3.63, 3.8) is 0 Å². The molecular weight excluding hydrogens is 380 g/mol. The second-order valence-electron chi connectivity index (χ2n) is 7.43. The summed E-state index contributed by atoms with van der Waals surface area (Å²) in [6, 6.07) is 5.79. The Morgan fingerprint density at radius 3 is 2.38 bits per heavy atom. The Balaban J connectivity index is 2.59. The topological polar surface area (TPSA) is 137 Å². The SMILES string of the molecule is COc1c(C(O)CC(C)(C)O)ccc(Oc2c(O)cc(C)cc2CO)c1C(=O)O. The van der Waals surface area contributed by atoms with Crippen LogP contribution in [-0.2, 0) is 6.61 Å². The van der Waals surface area contributed by atoms with Crippen LogP contribution in [0.5, 0.6) is 23.0 Å². The van der Waals surface area contributed by atoms with Crippen molar-refractivity contribution in [2.24, 2.45) is 0 Å². The van der Waals surface area contributed by atoms with E-state index in [0.717, 1.165) is 0 Å². The number of ether oxygens (including phenoxy) is 2. The summed E-state index contributed by atoms with van der Waals surface area (Å²) in [5.74, 6) is -1.96. The molecule has 8 heteroatoms. The van der Waals surface area contributed by atoms with E-state index in [0.29, 0.717) is 5.56 Å². The number of aliphatic hydroxyl groups is 3. The fourth-order valence-electron chi connectivity index (χ4n) is 3.11. The fraction of sp³-hybridized carbons (Fsp3) is 0.381. The quantitative estimate of drug-likeness (QED) is 0.451. The highest BCUT2D eigenvalue weighted by molar-refractivity contribution is 5.95.